The van der Waals surface area contributed by atoms with Gasteiger partial charge in [0.25, 0.3) is 5.91 Å². The molecule has 5 heteroatoms. The minimum Gasteiger partial charge on any atom is -0.354 e. The average Bonchev–Trinajstić information content (AvgIpc) is 2.35. The molecule has 2 rings (SSSR count). The zero-order valence-electron chi connectivity index (χ0n) is 10.1. The van der Waals surface area contributed by atoms with Gasteiger partial charge >= 0.3 is 0 Å². The number of hydrogen-bond acceptors (Lipinski definition) is 3. The Morgan fingerprint density at radius 3 is 2.50 bits per heavy atom. The van der Waals surface area contributed by atoms with Crippen LogP contribution in [-0.2, 0) is 4.79 Å². The van der Waals surface area contributed by atoms with Crippen molar-refractivity contribution in [2.75, 3.05) is 26.2 Å². The summed E-state index contributed by atoms with van der Waals surface area (Å²) in [6.45, 7) is 2.61. The average molecular weight is 247 g/mol. The Morgan fingerprint density at radius 2 is 1.89 bits per heavy atom. The van der Waals surface area contributed by atoms with Crippen LogP contribution in [0.1, 0.15) is 10.4 Å². The number of nitrogens with one attached hydrogen (secondary N) is 3. The van der Waals surface area contributed by atoms with Crippen LogP contribution in [0, 0.1) is 5.92 Å². The second-order valence-electron chi connectivity index (χ2n) is 4.38. The van der Waals surface area contributed by atoms with Crippen molar-refractivity contribution in [3.8, 4) is 0 Å². The van der Waals surface area contributed by atoms with Gasteiger partial charge in [0.15, 0.2) is 0 Å². The van der Waals surface area contributed by atoms with Crippen molar-refractivity contribution in [3.05, 3.63) is 35.9 Å². The normalized spacial score (nSPS) is 14.7. The molecule has 96 valence electrons. The summed E-state index contributed by atoms with van der Waals surface area (Å²) in [6, 6.07) is 8.85. The van der Waals surface area contributed by atoms with Crippen LogP contribution in [0.4, 0.5) is 0 Å². The fraction of sp³-hybridized carbons (Fsp3) is 0.385. The molecule has 1 aromatic carbocycles. The molecule has 18 heavy (non-hydrogen) atoms. The Hall–Kier alpha value is -1.88. The van der Waals surface area contributed by atoms with Gasteiger partial charge in [0.2, 0.25) is 5.91 Å². The highest BCUT2D eigenvalue weighted by Gasteiger charge is 2.17. The lowest BCUT2D eigenvalue weighted by Crippen LogP contribution is -2.49. The van der Waals surface area contributed by atoms with Gasteiger partial charge in [-0.15, -0.1) is 0 Å². The van der Waals surface area contributed by atoms with E-state index in [2.05, 4.69) is 16.0 Å². The number of carbonyl (C=O) groups excluding carboxylic acids is 2. The van der Waals surface area contributed by atoms with Gasteiger partial charge in [-0.3, -0.25) is 9.59 Å². The minimum atomic E-state index is -0.226. The topological polar surface area (TPSA) is 70.2 Å². The van der Waals surface area contributed by atoms with Crippen LogP contribution in [0.3, 0.4) is 0 Å². The molecule has 0 unspecified atom stereocenters. The first kappa shape index (κ1) is 12.6. The van der Waals surface area contributed by atoms with E-state index in [1.165, 1.54) is 0 Å². The maximum atomic E-state index is 11.7. The van der Waals surface area contributed by atoms with E-state index in [1.807, 2.05) is 6.07 Å². The third kappa shape index (κ3) is 3.56. The molecule has 3 N–H and O–H groups in total. The Balaban J connectivity index is 1.67. The number of carbonyl (C=O) groups is 2. The molecule has 0 spiro atoms. The molecule has 1 saturated heterocycles. The molecule has 1 aliphatic heterocycles. The zero-order chi connectivity index (χ0) is 12.8. The maximum absolute atomic E-state index is 11.7. The third-order valence-corrected chi connectivity index (χ3v) is 2.90. The van der Waals surface area contributed by atoms with Crippen molar-refractivity contribution in [1.29, 1.82) is 0 Å². The summed E-state index contributed by atoms with van der Waals surface area (Å²) in [5.41, 5.74) is 0.563. The maximum Gasteiger partial charge on any atom is 0.251 e. The molecular formula is C13H17N3O2. The Bertz CT molecular complexity index is 416. The van der Waals surface area contributed by atoms with E-state index in [1.54, 1.807) is 24.3 Å². The molecule has 0 radical (unpaired) electrons. The molecule has 0 atom stereocenters. The predicted molar refractivity (Wildman–Crippen MR) is 68.1 cm³/mol. The number of benzene rings is 1. The van der Waals surface area contributed by atoms with Gasteiger partial charge in [-0.2, -0.15) is 0 Å². The van der Waals surface area contributed by atoms with Gasteiger partial charge in [0, 0.05) is 31.1 Å². The van der Waals surface area contributed by atoms with Gasteiger partial charge in [0.05, 0.1) is 6.54 Å². The SMILES string of the molecule is O=C(CNC(=O)c1ccccc1)NCC1CNC1. The minimum absolute atomic E-state index is 0.0217. The van der Waals surface area contributed by atoms with E-state index in [9.17, 15) is 9.59 Å². The van der Waals surface area contributed by atoms with Gasteiger partial charge in [-0.1, -0.05) is 18.2 Å². The molecule has 0 saturated carbocycles. The number of amides is 2. The molecule has 1 aromatic rings. The summed E-state index contributed by atoms with van der Waals surface area (Å²) in [7, 11) is 0. The fourth-order valence-corrected chi connectivity index (χ4v) is 1.67. The number of hydrogen-bond donors (Lipinski definition) is 3. The van der Waals surface area contributed by atoms with Gasteiger partial charge < -0.3 is 16.0 Å². The summed E-state index contributed by atoms with van der Waals surface area (Å²) in [5.74, 6) is 0.154. The van der Waals surface area contributed by atoms with E-state index < -0.39 is 0 Å². The van der Waals surface area contributed by atoms with Crippen LogP contribution in [0.2, 0.25) is 0 Å². The van der Waals surface area contributed by atoms with E-state index in [-0.39, 0.29) is 18.4 Å². The summed E-state index contributed by atoms with van der Waals surface area (Å²) in [4.78, 5) is 23.1. The summed E-state index contributed by atoms with van der Waals surface area (Å²) in [6.07, 6.45) is 0. The van der Waals surface area contributed by atoms with E-state index in [4.69, 9.17) is 0 Å². The zero-order valence-corrected chi connectivity index (χ0v) is 10.1. The van der Waals surface area contributed by atoms with Crippen LogP contribution in [0.5, 0.6) is 0 Å². The molecular weight excluding hydrogens is 230 g/mol. The first-order valence-corrected chi connectivity index (χ1v) is 6.06. The molecule has 0 aromatic heterocycles. The van der Waals surface area contributed by atoms with Gasteiger partial charge in [0.1, 0.15) is 0 Å². The highest BCUT2D eigenvalue weighted by molar-refractivity contribution is 5.96. The first-order chi connectivity index (χ1) is 8.75. The lowest BCUT2D eigenvalue weighted by molar-refractivity contribution is -0.120. The summed E-state index contributed by atoms with van der Waals surface area (Å²) in [5, 5.41) is 8.53. The standard InChI is InChI=1S/C13H17N3O2/c17-12(15-8-10-6-14-7-10)9-16-13(18)11-4-2-1-3-5-11/h1-5,10,14H,6-9H2,(H,15,17)(H,16,18). The smallest absolute Gasteiger partial charge is 0.251 e. The molecule has 0 bridgehead atoms. The Labute approximate surface area is 106 Å². The van der Waals surface area contributed by atoms with Crippen LogP contribution in [-0.4, -0.2) is 38.0 Å². The van der Waals surface area contributed by atoms with E-state index in [0.717, 1.165) is 13.1 Å². The number of rotatable bonds is 5. The Morgan fingerprint density at radius 1 is 1.17 bits per heavy atom. The highest BCUT2D eigenvalue weighted by atomic mass is 16.2. The first-order valence-electron chi connectivity index (χ1n) is 6.06. The van der Waals surface area contributed by atoms with Crippen molar-refractivity contribution >= 4 is 11.8 Å². The highest BCUT2D eigenvalue weighted by Crippen LogP contribution is 1.99. The Kier molecular flexibility index (Phi) is 4.30. The predicted octanol–water partition coefficient (Wildman–Crippen LogP) is -0.248. The lowest BCUT2D eigenvalue weighted by Gasteiger charge is -2.27. The second-order valence-corrected chi connectivity index (χ2v) is 4.38. The van der Waals surface area contributed by atoms with E-state index >= 15 is 0 Å². The lowest BCUT2D eigenvalue weighted by atomic mass is 10.0. The quantitative estimate of drug-likeness (QED) is 0.672. The molecule has 1 fully saturated rings. The summed E-state index contributed by atoms with van der Waals surface area (Å²) < 4.78 is 0. The van der Waals surface area contributed by atoms with Gasteiger partial charge in [-0.05, 0) is 12.1 Å². The van der Waals surface area contributed by atoms with E-state index in [0.29, 0.717) is 18.0 Å². The third-order valence-electron chi connectivity index (χ3n) is 2.90. The van der Waals surface area contributed by atoms with Gasteiger partial charge in [-0.25, -0.2) is 0 Å². The van der Waals surface area contributed by atoms with Crippen LogP contribution in [0.15, 0.2) is 30.3 Å². The van der Waals surface area contributed by atoms with Crippen molar-refractivity contribution in [2.24, 2.45) is 5.92 Å². The second kappa shape index (κ2) is 6.16. The molecule has 0 aliphatic carbocycles. The van der Waals surface area contributed by atoms with Crippen molar-refractivity contribution < 1.29 is 9.59 Å². The van der Waals surface area contributed by atoms with Crippen LogP contribution in [0.25, 0.3) is 0 Å². The van der Waals surface area contributed by atoms with Crippen molar-refractivity contribution in [3.63, 3.8) is 0 Å². The van der Waals surface area contributed by atoms with Crippen molar-refractivity contribution in [2.45, 2.75) is 0 Å². The van der Waals surface area contributed by atoms with Crippen molar-refractivity contribution in [1.82, 2.24) is 16.0 Å². The fourth-order valence-electron chi connectivity index (χ4n) is 1.67. The largest absolute Gasteiger partial charge is 0.354 e. The molecule has 2 amide bonds. The van der Waals surface area contributed by atoms with Crippen LogP contribution < -0.4 is 16.0 Å². The monoisotopic (exact) mass is 247 g/mol. The molecule has 1 aliphatic rings. The molecule has 5 nitrogen and oxygen atoms in total. The summed E-state index contributed by atoms with van der Waals surface area (Å²) >= 11 is 0. The molecule has 1 heterocycles. The van der Waals surface area contributed by atoms with Crippen LogP contribution >= 0.6 is 0 Å².